The van der Waals surface area contributed by atoms with Gasteiger partial charge in [0, 0.05) is 25.2 Å². The van der Waals surface area contributed by atoms with E-state index in [9.17, 15) is 4.79 Å². The van der Waals surface area contributed by atoms with E-state index < -0.39 is 0 Å². The Labute approximate surface area is 114 Å². The van der Waals surface area contributed by atoms with Crippen molar-refractivity contribution in [3.63, 3.8) is 0 Å². The van der Waals surface area contributed by atoms with Gasteiger partial charge in [0.1, 0.15) is 5.75 Å². The van der Waals surface area contributed by atoms with Crippen molar-refractivity contribution in [2.45, 2.75) is 32.9 Å². The van der Waals surface area contributed by atoms with E-state index in [1.807, 2.05) is 36.1 Å². The maximum Gasteiger partial charge on any atom is 0.257 e. The molecule has 1 N–H and O–H groups in total. The Balaban J connectivity index is 2.19. The van der Waals surface area contributed by atoms with Gasteiger partial charge in [0.25, 0.3) is 5.91 Å². The Kier molecular flexibility index (Phi) is 4.43. The van der Waals surface area contributed by atoms with Gasteiger partial charge in [-0.1, -0.05) is 12.1 Å². The van der Waals surface area contributed by atoms with E-state index in [-0.39, 0.29) is 5.91 Å². The molecule has 0 spiro atoms. The summed E-state index contributed by atoms with van der Waals surface area (Å²) in [5, 5.41) is 3.43. The molecule has 2 rings (SSSR count). The van der Waals surface area contributed by atoms with Gasteiger partial charge in [0.15, 0.2) is 0 Å². The Morgan fingerprint density at radius 2 is 1.95 bits per heavy atom. The summed E-state index contributed by atoms with van der Waals surface area (Å²) in [6, 6.07) is 8.12. The number of para-hydroxylation sites is 1. The first-order valence-corrected chi connectivity index (χ1v) is 6.89. The van der Waals surface area contributed by atoms with Gasteiger partial charge in [0.2, 0.25) is 0 Å². The molecule has 1 aromatic rings. The third kappa shape index (κ3) is 3.26. The van der Waals surface area contributed by atoms with Crippen LogP contribution in [-0.4, -0.2) is 42.6 Å². The number of nitrogens with zero attached hydrogens (tertiary/aromatic N) is 1. The first kappa shape index (κ1) is 13.9. The van der Waals surface area contributed by atoms with E-state index in [1.165, 1.54) is 0 Å². The highest BCUT2D eigenvalue weighted by atomic mass is 16.5. The average molecular weight is 262 g/mol. The zero-order valence-electron chi connectivity index (χ0n) is 11.8. The Hall–Kier alpha value is -1.55. The fourth-order valence-corrected chi connectivity index (χ4v) is 2.59. The van der Waals surface area contributed by atoms with Gasteiger partial charge in [-0.25, -0.2) is 0 Å². The molecule has 1 heterocycles. The van der Waals surface area contributed by atoms with Crippen LogP contribution >= 0.6 is 0 Å². The van der Waals surface area contributed by atoms with Crippen molar-refractivity contribution >= 4 is 5.91 Å². The van der Waals surface area contributed by atoms with E-state index in [4.69, 9.17) is 4.74 Å². The molecule has 0 aliphatic carbocycles. The lowest BCUT2D eigenvalue weighted by Gasteiger charge is -2.36. The monoisotopic (exact) mass is 262 g/mol. The molecule has 1 aliphatic rings. The Morgan fingerprint density at radius 1 is 1.32 bits per heavy atom. The maximum atomic E-state index is 12.6. The maximum absolute atomic E-state index is 12.6. The van der Waals surface area contributed by atoms with Crippen molar-refractivity contribution < 1.29 is 9.53 Å². The number of hydrogen-bond donors (Lipinski definition) is 1. The van der Waals surface area contributed by atoms with Crippen LogP contribution < -0.4 is 10.1 Å². The molecule has 4 heteroatoms. The van der Waals surface area contributed by atoms with E-state index in [0.717, 1.165) is 13.1 Å². The van der Waals surface area contributed by atoms with Crippen molar-refractivity contribution in [2.24, 2.45) is 0 Å². The molecular weight excluding hydrogens is 240 g/mol. The molecule has 0 saturated carbocycles. The van der Waals surface area contributed by atoms with Gasteiger partial charge >= 0.3 is 0 Å². The van der Waals surface area contributed by atoms with Gasteiger partial charge in [-0.2, -0.15) is 0 Å². The van der Waals surface area contributed by atoms with E-state index in [0.29, 0.717) is 30.0 Å². The molecule has 104 valence electrons. The highest BCUT2D eigenvalue weighted by Crippen LogP contribution is 2.21. The minimum atomic E-state index is 0.0595. The molecule has 1 fully saturated rings. The largest absolute Gasteiger partial charge is 0.493 e. The number of carbonyl (C=O) groups excluding carboxylic acids is 1. The van der Waals surface area contributed by atoms with Crippen LogP contribution in [0.1, 0.15) is 31.1 Å². The summed E-state index contributed by atoms with van der Waals surface area (Å²) >= 11 is 0. The molecular formula is C15H22N2O2. The summed E-state index contributed by atoms with van der Waals surface area (Å²) in [4.78, 5) is 14.5. The average Bonchev–Trinajstić information content (AvgIpc) is 2.38. The second-order valence-corrected chi connectivity index (χ2v) is 5.11. The zero-order valence-corrected chi connectivity index (χ0v) is 11.8. The Bertz CT molecular complexity index is 438. The zero-order chi connectivity index (χ0) is 13.8. The van der Waals surface area contributed by atoms with Crippen molar-refractivity contribution in [1.82, 2.24) is 10.2 Å². The highest BCUT2D eigenvalue weighted by Gasteiger charge is 2.26. The lowest BCUT2D eigenvalue weighted by molar-refractivity contribution is 0.0669. The van der Waals surface area contributed by atoms with Crippen LogP contribution in [0.15, 0.2) is 24.3 Å². The highest BCUT2D eigenvalue weighted by molar-refractivity contribution is 5.97. The van der Waals surface area contributed by atoms with E-state index in [1.54, 1.807) is 0 Å². The number of nitrogens with one attached hydrogen (secondary N) is 1. The fourth-order valence-electron chi connectivity index (χ4n) is 2.59. The van der Waals surface area contributed by atoms with Gasteiger partial charge in [0.05, 0.1) is 12.2 Å². The Morgan fingerprint density at radius 3 is 2.58 bits per heavy atom. The minimum Gasteiger partial charge on any atom is -0.493 e. The number of hydrogen-bond acceptors (Lipinski definition) is 3. The summed E-state index contributed by atoms with van der Waals surface area (Å²) in [5.41, 5.74) is 0.658. The van der Waals surface area contributed by atoms with Crippen LogP contribution in [-0.2, 0) is 0 Å². The predicted octanol–water partition coefficient (Wildman–Crippen LogP) is 1.91. The molecule has 2 atom stereocenters. The summed E-state index contributed by atoms with van der Waals surface area (Å²) in [6.07, 6.45) is 0. The normalized spacial score (nSPS) is 23.2. The number of benzene rings is 1. The van der Waals surface area contributed by atoms with Crippen molar-refractivity contribution in [2.75, 3.05) is 19.7 Å². The van der Waals surface area contributed by atoms with E-state index in [2.05, 4.69) is 19.2 Å². The van der Waals surface area contributed by atoms with Crippen LogP contribution in [0.5, 0.6) is 5.75 Å². The molecule has 1 aliphatic heterocycles. The fraction of sp³-hybridized carbons (Fsp3) is 0.533. The molecule has 1 amide bonds. The molecule has 1 aromatic carbocycles. The third-order valence-corrected chi connectivity index (χ3v) is 3.26. The summed E-state index contributed by atoms with van der Waals surface area (Å²) in [6.45, 7) is 8.18. The second kappa shape index (κ2) is 6.06. The molecule has 0 bridgehead atoms. The van der Waals surface area contributed by atoms with Gasteiger partial charge in [-0.05, 0) is 32.9 Å². The third-order valence-electron chi connectivity index (χ3n) is 3.26. The summed E-state index contributed by atoms with van der Waals surface area (Å²) in [7, 11) is 0. The number of carbonyl (C=O) groups is 1. The van der Waals surface area contributed by atoms with Crippen molar-refractivity contribution in [1.29, 1.82) is 0 Å². The van der Waals surface area contributed by atoms with Crippen molar-refractivity contribution in [3.05, 3.63) is 29.8 Å². The summed E-state index contributed by atoms with van der Waals surface area (Å²) in [5.74, 6) is 0.734. The smallest absolute Gasteiger partial charge is 0.257 e. The van der Waals surface area contributed by atoms with E-state index >= 15 is 0 Å². The van der Waals surface area contributed by atoms with Gasteiger partial charge in [-0.15, -0.1) is 0 Å². The van der Waals surface area contributed by atoms with Crippen LogP contribution in [0.2, 0.25) is 0 Å². The second-order valence-electron chi connectivity index (χ2n) is 5.11. The molecule has 19 heavy (non-hydrogen) atoms. The van der Waals surface area contributed by atoms with Crippen LogP contribution in [0, 0.1) is 0 Å². The quantitative estimate of drug-likeness (QED) is 0.904. The number of ether oxygens (including phenoxy) is 1. The topological polar surface area (TPSA) is 41.6 Å². The standard InChI is InChI=1S/C15H22N2O2/c1-4-19-14-8-6-5-7-13(14)15(18)17-9-11(2)16-12(3)10-17/h5-8,11-12,16H,4,9-10H2,1-3H3/t11-,12-/m1/s1. The van der Waals surface area contributed by atoms with Gasteiger partial charge in [-0.3, -0.25) is 4.79 Å². The molecule has 0 aromatic heterocycles. The molecule has 0 unspecified atom stereocenters. The molecule has 0 radical (unpaired) electrons. The van der Waals surface area contributed by atoms with Crippen LogP contribution in [0.4, 0.5) is 0 Å². The lowest BCUT2D eigenvalue weighted by Crippen LogP contribution is -2.55. The SMILES string of the molecule is CCOc1ccccc1C(=O)N1C[C@@H](C)N[C@H](C)C1. The van der Waals surface area contributed by atoms with Gasteiger partial charge < -0.3 is 15.0 Å². The molecule has 4 nitrogen and oxygen atoms in total. The first-order valence-electron chi connectivity index (χ1n) is 6.89. The number of amides is 1. The first-order chi connectivity index (χ1) is 9.11. The van der Waals surface area contributed by atoms with Crippen LogP contribution in [0.3, 0.4) is 0 Å². The number of rotatable bonds is 3. The number of piperazine rings is 1. The minimum absolute atomic E-state index is 0.0595. The lowest BCUT2D eigenvalue weighted by atomic mass is 10.1. The predicted molar refractivity (Wildman–Crippen MR) is 75.6 cm³/mol. The summed E-state index contributed by atoms with van der Waals surface area (Å²) < 4.78 is 5.54. The van der Waals surface area contributed by atoms with Crippen molar-refractivity contribution in [3.8, 4) is 5.75 Å². The molecule has 1 saturated heterocycles. The van der Waals surface area contributed by atoms with Crippen LogP contribution in [0.25, 0.3) is 0 Å².